The van der Waals surface area contributed by atoms with Crippen LogP contribution in [0.5, 0.6) is 0 Å². The van der Waals surface area contributed by atoms with Gasteiger partial charge >= 0.3 is 0 Å². The van der Waals surface area contributed by atoms with Crippen molar-refractivity contribution >= 4 is 50.2 Å². The Labute approximate surface area is 170 Å². The molecule has 3 heterocycles. The Morgan fingerprint density at radius 2 is 2.07 bits per heavy atom. The molecule has 3 N–H and O–H groups in total. The summed E-state index contributed by atoms with van der Waals surface area (Å²) >= 11 is 9.52. The number of fused-ring (bicyclic) bond motifs is 1. The molecule has 0 aliphatic heterocycles. The van der Waals surface area contributed by atoms with Gasteiger partial charge in [0.05, 0.1) is 15.9 Å². The molecule has 3 aromatic heterocycles. The maximum atomic E-state index is 12.3. The number of hydrogen-bond donors (Lipinski definition) is 2. The van der Waals surface area contributed by atoms with Crippen molar-refractivity contribution in [2.75, 3.05) is 5.32 Å². The highest BCUT2D eigenvalue weighted by Gasteiger charge is 2.33. The van der Waals surface area contributed by atoms with Gasteiger partial charge in [0.25, 0.3) is 0 Å². The monoisotopic (exact) mass is 429 g/mol. The number of nitrogens with zero attached hydrogens (tertiary/aromatic N) is 1. The SMILES string of the molecule is Cc1csc2c(NCc3cccs3)cc(Cl)nc12.NC1CCC(F)(F)CC1. The zero-order valence-electron chi connectivity index (χ0n) is 15.0. The molecule has 8 heteroatoms. The normalized spacial score (nSPS) is 16.8. The van der Waals surface area contributed by atoms with Gasteiger partial charge in [-0.15, -0.1) is 22.7 Å². The van der Waals surface area contributed by atoms with E-state index in [0.29, 0.717) is 18.0 Å². The second kappa shape index (κ2) is 8.82. The first-order valence-electron chi connectivity index (χ1n) is 8.78. The molecule has 0 amide bonds. The lowest BCUT2D eigenvalue weighted by Crippen LogP contribution is -2.32. The molecule has 146 valence electrons. The molecule has 0 unspecified atom stereocenters. The Bertz CT molecular complexity index is 871. The first-order valence-corrected chi connectivity index (χ1v) is 10.9. The second-order valence-corrected chi connectivity index (χ2v) is 9.01. The van der Waals surface area contributed by atoms with Crippen molar-refractivity contribution in [2.45, 2.75) is 51.1 Å². The molecule has 3 aromatic rings. The number of hydrogen-bond acceptors (Lipinski definition) is 5. The highest BCUT2D eigenvalue weighted by molar-refractivity contribution is 7.18. The van der Waals surface area contributed by atoms with Crippen LogP contribution < -0.4 is 11.1 Å². The van der Waals surface area contributed by atoms with Gasteiger partial charge in [0, 0.05) is 36.4 Å². The van der Waals surface area contributed by atoms with Gasteiger partial charge in [0.2, 0.25) is 5.92 Å². The molecule has 1 fully saturated rings. The average molecular weight is 430 g/mol. The number of thiophene rings is 2. The molecule has 0 bridgehead atoms. The topological polar surface area (TPSA) is 50.9 Å². The van der Waals surface area contributed by atoms with Crippen molar-refractivity contribution in [1.29, 1.82) is 0 Å². The molecule has 0 aromatic carbocycles. The number of halogens is 3. The van der Waals surface area contributed by atoms with E-state index >= 15 is 0 Å². The van der Waals surface area contributed by atoms with Gasteiger partial charge in [0.15, 0.2) is 0 Å². The third-order valence-electron chi connectivity index (χ3n) is 4.46. The number of pyridine rings is 1. The van der Waals surface area contributed by atoms with Crippen LogP contribution in [0.2, 0.25) is 5.15 Å². The Kier molecular flexibility index (Phi) is 6.68. The van der Waals surface area contributed by atoms with E-state index in [1.54, 1.807) is 22.7 Å². The summed E-state index contributed by atoms with van der Waals surface area (Å²) in [5, 5.41) is 8.18. The van der Waals surface area contributed by atoms with Crippen LogP contribution in [0, 0.1) is 6.92 Å². The quantitative estimate of drug-likeness (QED) is 0.470. The van der Waals surface area contributed by atoms with E-state index < -0.39 is 5.92 Å². The third-order valence-corrected chi connectivity index (χ3v) is 6.65. The molecule has 3 nitrogen and oxygen atoms in total. The standard InChI is InChI=1S/C13H11ClN2S2.C6H11F2N/c1-8-7-18-13-10(5-11(14)16-12(8)13)15-6-9-3-2-4-17-9;7-6(8)3-1-5(9)2-4-6/h2-5,7H,6H2,1H3,(H,15,16);5H,1-4,9H2. The fraction of sp³-hybridized carbons (Fsp3) is 0.421. The van der Waals surface area contributed by atoms with Gasteiger partial charge in [-0.25, -0.2) is 13.8 Å². The lowest BCUT2D eigenvalue weighted by molar-refractivity contribution is -0.0375. The number of anilines is 1. The van der Waals surface area contributed by atoms with Crippen LogP contribution in [0.3, 0.4) is 0 Å². The lowest BCUT2D eigenvalue weighted by Gasteiger charge is -2.25. The molecule has 0 radical (unpaired) electrons. The maximum Gasteiger partial charge on any atom is 0.248 e. The highest BCUT2D eigenvalue weighted by atomic mass is 35.5. The third kappa shape index (κ3) is 5.60. The molecule has 1 aliphatic rings. The first kappa shape index (κ1) is 20.5. The predicted octanol–water partition coefficient (Wildman–Crippen LogP) is 6.45. The Hall–Kier alpha value is -1.28. The molecule has 27 heavy (non-hydrogen) atoms. The van der Waals surface area contributed by atoms with Crippen LogP contribution in [-0.4, -0.2) is 16.9 Å². The summed E-state index contributed by atoms with van der Waals surface area (Å²) < 4.78 is 25.8. The van der Waals surface area contributed by atoms with E-state index in [0.717, 1.165) is 17.7 Å². The van der Waals surface area contributed by atoms with Crippen LogP contribution in [0.4, 0.5) is 14.5 Å². The number of aryl methyl sites for hydroxylation is 1. The molecule has 1 aliphatic carbocycles. The Balaban J connectivity index is 0.000000197. The van der Waals surface area contributed by atoms with Crippen molar-refractivity contribution < 1.29 is 8.78 Å². The van der Waals surface area contributed by atoms with Crippen LogP contribution in [0.25, 0.3) is 10.2 Å². The molecule has 0 spiro atoms. The van der Waals surface area contributed by atoms with Gasteiger partial charge in [0.1, 0.15) is 5.15 Å². The minimum absolute atomic E-state index is 0.0182. The predicted molar refractivity (Wildman–Crippen MR) is 112 cm³/mol. The van der Waals surface area contributed by atoms with Crippen LogP contribution in [0.15, 0.2) is 29.0 Å². The zero-order valence-corrected chi connectivity index (χ0v) is 17.4. The molecule has 0 saturated heterocycles. The highest BCUT2D eigenvalue weighted by Crippen LogP contribution is 2.33. The summed E-state index contributed by atoms with van der Waals surface area (Å²) in [6, 6.07) is 6.10. The summed E-state index contributed by atoms with van der Waals surface area (Å²) in [6.07, 6.45) is 0.919. The number of alkyl halides is 2. The van der Waals surface area contributed by atoms with Gasteiger partial charge in [-0.1, -0.05) is 17.7 Å². The van der Waals surface area contributed by atoms with Crippen LogP contribution in [0.1, 0.15) is 36.1 Å². The summed E-state index contributed by atoms with van der Waals surface area (Å²) in [7, 11) is 0. The summed E-state index contributed by atoms with van der Waals surface area (Å²) in [5.41, 5.74) is 8.67. The maximum absolute atomic E-state index is 12.3. The number of rotatable bonds is 3. The van der Waals surface area contributed by atoms with E-state index in [1.165, 1.54) is 15.1 Å². The van der Waals surface area contributed by atoms with E-state index in [1.807, 2.05) is 6.07 Å². The largest absolute Gasteiger partial charge is 0.379 e. The van der Waals surface area contributed by atoms with Gasteiger partial charge in [-0.3, -0.25) is 0 Å². The number of nitrogens with two attached hydrogens (primary N) is 1. The second-order valence-electron chi connectivity index (χ2n) is 6.72. The lowest BCUT2D eigenvalue weighted by atomic mass is 9.93. The molecule has 4 rings (SSSR count). The van der Waals surface area contributed by atoms with E-state index in [-0.39, 0.29) is 18.9 Å². The summed E-state index contributed by atoms with van der Waals surface area (Å²) in [6.45, 7) is 2.88. The average Bonchev–Trinajstić information content (AvgIpc) is 3.27. The minimum Gasteiger partial charge on any atom is -0.379 e. The zero-order chi connectivity index (χ0) is 19.4. The summed E-state index contributed by atoms with van der Waals surface area (Å²) in [4.78, 5) is 5.69. The first-order chi connectivity index (χ1) is 12.8. The van der Waals surface area contributed by atoms with E-state index in [9.17, 15) is 8.78 Å². The van der Waals surface area contributed by atoms with Crippen molar-refractivity contribution in [2.24, 2.45) is 5.73 Å². The number of nitrogens with one attached hydrogen (secondary N) is 1. The summed E-state index contributed by atoms with van der Waals surface area (Å²) in [5.74, 6) is -2.42. The van der Waals surface area contributed by atoms with Gasteiger partial charge in [-0.05, 0) is 42.2 Å². The van der Waals surface area contributed by atoms with Crippen molar-refractivity contribution in [3.05, 3.63) is 44.6 Å². The molecule has 1 saturated carbocycles. The van der Waals surface area contributed by atoms with Crippen molar-refractivity contribution in [3.8, 4) is 0 Å². The minimum atomic E-state index is -2.42. The van der Waals surface area contributed by atoms with Crippen LogP contribution >= 0.6 is 34.3 Å². The number of aromatic nitrogens is 1. The van der Waals surface area contributed by atoms with Crippen molar-refractivity contribution in [1.82, 2.24) is 4.98 Å². The molecule has 0 atom stereocenters. The fourth-order valence-corrected chi connectivity index (χ4v) is 4.70. The Morgan fingerprint density at radius 1 is 1.33 bits per heavy atom. The Morgan fingerprint density at radius 3 is 2.70 bits per heavy atom. The van der Waals surface area contributed by atoms with E-state index in [4.69, 9.17) is 17.3 Å². The van der Waals surface area contributed by atoms with Crippen LogP contribution in [-0.2, 0) is 6.54 Å². The van der Waals surface area contributed by atoms with E-state index in [2.05, 4.69) is 40.1 Å². The fourth-order valence-electron chi connectivity index (χ4n) is 2.88. The molecular weight excluding hydrogens is 408 g/mol. The van der Waals surface area contributed by atoms with Crippen molar-refractivity contribution in [3.63, 3.8) is 0 Å². The van der Waals surface area contributed by atoms with Gasteiger partial charge < -0.3 is 11.1 Å². The molecular formula is C19H22ClF2N3S2. The smallest absolute Gasteiger partial charge is 0.248 e. The van der Waals surface area contributed by atoms with Gasteiger partial charge in [-0.2, -0.15) is 0 Å².